The zero-order valence-corrected chi connectivity index (χ0v) is 13.3. The van der Waals surface area contributed by atoms with Crippen LogP contribution in [0.4, 0.5) is 5.69 Å². The molecule has 0 bridgehead atoms. The number of hydrogen-bond donors (Lipinski definition) is 1. The van der Waals surface area contributed by atoms with Crippen molar-refractivity contribution in [2.45, 2.75) is 25.3 Å². The summed E-state index contributed by atoms with van der Waals surface area (Å²) in [7, 11) is -1.91. The highest BCUT2D eigenvalue weighted by atomic mass is 32.2. The lowest BCUT2D eigenvalue weighted by molar-refractivity contribution is 0.466. The monoisotopic (exact) mass is 304 g/mol. The number of rotatable bonds is 4. The molecule has 0 heterocycles. The maximum Gasteiger partial charge on any atom is 0.243 e. The maximum absolute atomic E-state index is 12.5. The molecule has 112 valence electrons. The Hall–Kier alpha value is -1.85. The molecule has 2 aromatic carbocycles. The zero-order valence-electron chi connectivity index (χ0n) is 12.5. The molecule has 0 aliphatic rings. The minimum absolute atomic E-state index is 0.254. The van der Waals surface area contributed by atoms with Crippen molar-refractivity contribution in [3.05, 3.63) is 59.2 Å². The van der Waals surface area contributed by atoms with Crippen molar-refractivity contribution in [2.75, 3.05) is 12.8 Å². The average Bonchev–Trinajstić information content (AvgIpc) is 2.42. The average molecular weight is 304 g/mol. The Labute approximate surface area is 126 Å². The number of benzene rings is 2. The van der Waals surface area contributed by atoms with E-state index < -0.39 is 10.0 Å². The van der Waals surface area contributed by atoms with E-state index in [1.54, 1.807) is 19.2 Å². The van der Waals surface area contributed by atoms with Crippen molar-refractivity contribution >= 4 is 15.7 Å². The van der Waals surface area contributed by atoms with Crippen molar-refractivity contribution in [1.82, 2.24) is 4.31 Å². The Morgan fingerprint density at radius 1 is 1.05 bits per heavy atom. The highest BCUT2D eigenvalue weighted by molar-refractivity contribution is 7.89. The largest absolute Gasteiger partial charge is 0.399 e. The number of nitrogens with zero attached hydrogens (tertiary/aromatic N) is 1. The Bertz CT molecular complexity index is 737. The molecule has 0 aliphatic heterocycles. The van der Waals surface area contributed by atoms with Crippen LogP contribution in [0.25, 0.3) is 0 Å². The lowest BCUT2D eigenvalue weighted by Gasteiger charge is -2.18. The Kier molecular flexibility index (Phi) is 4.34. The van der Waals surface area contributed by atoms with Gasteiger partial charge in [-0.05, 0) is 49.2 Å². The van der Waals surface area contributed by atoms with Crippen LogP contribution in [-0.4, -0.2) is 19.8 Å². The van der Waals surface area contributed by atoms with Gasteiger partial charge < -0.3 is 5.73 Å². The third-order valence-corrected chi connectivity index (χ3v) is 5.30. The van der Waals surface area contributed by atoms with Gasteiger partial charge in [-0.2, -0.15) is 4.31 Å². The number of aryl methyl sites for hydroxylation is 2. The summed E-state index contributed by atoms with van der Waals surface area (Å²) in [6.07, 6.45) is 0. The summed E-state index contributed by atoms with van der Waals surface area (Å²) in [4.78, 5) is 0.254. The number of anilines is 1. The second-order valence-electron chi connectivity index (χ2n) is 5.26. The molecule has 21 heavy (non-hydrogen) atoms. The Morgan fingerprint density at radius 3 is 2.24 bits per heavy atom. The highest BCUT2D eigenvalue weighted by Crippen LogP contribution is 2.19. The summed E-state index contributed by atoms with van der Waals surface area (Å²) >= 11 is 0. The van der Waals surface area contributed by atoms with E-state index in [1.807, 2.05) is 26.0 Å². The predicted octanol–water partition coefficient (Wildman–Crippen LogP) is 2.71. The lowest BCUT2D eigenvalue weighted by Crippen LogP contribution is -2.26. The van der Waals surface area contributed by atoms with Crippen LogP contribution < -0.4 is 5.73 Å². The number of sulfonamides is 1. The summed E-state index contributed by atoms with van der Waals surface area (Å²) < 4.78 is 26.4. The third-order valence-electron chi connectivity index (χ3n) is 3.48. The first-order valence-corrected chi connectivity index (χ1v) is 8.13. The van der Waals surface area contributed by atoms with Crippen LogP contribution in [0, 0.1) is 13.8 Å². The summed E-state index contributed by atoms with van der Waals surface area (Å²) in [5.41, 5.74) is 9.40. The summed E-state index contributed by atoms with van der Waals surface area (Å²) in [5.74, 6) is 0. The van der Waals surface area contributed by atoms with Crippen LogP contribution >= 0.6 is 0 Å². The molecule has 0 aromatic heterocycles. The topological polar surface area (TPSA) is 63.4 Å². The fraction of sp³-hybridized carbons (Fsp3) is 0.250. The summed E-state index contributed by atoms with van der Waals surface area (Å²) in [5, 5.41) is 0. The van der Waals surface area contributed by atoms with Gasteiger partial charge in [0.1, 0.15) is 0 Å². The SMILES string of the molecule is Cc1ccc(CN(C)S(=O)(=O)c2ccc(N)cc2)c(C)c1. The zero-order chi connectivity index (χ0) is 15.6. The minimum atomic E-state index is -3.50. The Morgan fingerprint density at radius 2 is 1.67 bits per heavy atom. The second-order valence-corrected chi connectivity index (χ2v) is 7.30. The summed E-state index contributed by atoms with van der Waals surface area (Å²) in [6, 6.07) is 12.3. The van der Waals surface area contributed by atoms with Gasteiger partial charge in [-0.25, -0.2) is 8.42 Å². The fourth-order valence-electron chi connectivity index (χ4n) is 2.17. The van der Waals surface area contributed by atoms with E-state index in [0.29, 0.717) is 12.2 Å². The molecule has 2 N–H and O–H groups in total. The van der Waals surface area contributed by atoms with Gasteiger partial charge in [0, 0.05) is 19.3 Å². The van der Waals surface area contributed by atoms with Gasteiger partial charge in [0.2, 0.25) is 10.0 Å². The van der Waals surface area contributed by atoms with Crippen LogP contribution in [0.2, 0.25) is 0 Å². The smallest absolute Gasteiger partial charge is 0.243 e. The maximum atomic E-state index is 12.5. The molecule has 0 amide bonds. The van der Waals surface area contributed by atoms with Crippen molar-refractivity contribution < 1.29 is 8.42 Å². The summed E-state index contributed by atoms with van der Waals surface area (Å²) in [6.45, 7) is 4.36. The molecular formula is C16H20N2O2S. The van der Waals surface area contributed by atoms with Gasteiger partial charge in [0.25, 0.3) is 0 Å². The first-order valence-electron chi connectivity index (χ1n) is 6.69. The number of nitrogen functional groups attached to an aromatic ring is 1. The molecule has 5 heteroatoms. The minimum Gasteiger partial charge on any atom is -0.399 e. The molecule has 0 saturated heterocycles. The fourth-order valence-corrected chi connectivity index (χ4v) is 3.32. The van der Waals surface area contributed by atoms with E-state index in [9.17, 15) is 8.42 Å². The molecule has 0 spiro atoms. The first-order chi connectivity index (χ1) is 9.80. The molecule has 4 nitrogen and oxygen atoms in total. The van der Waals surface area contributed by atoms with Crippen LogP contribution in [0.1, 0.15) is 16.7 Å². The van der Waals surface area contributed by atoms with E-state index in [-0.39, 0.29) is 4.90 Å². The van der Waals surface area contributed by atoms with Crippen LogP contribution in [0.3, 0.4) is 0 Å². The van der Waals surface area contributed by atoms with E-state index in [2.05, 4.69) is 6.07 Å². The Balaban J connectivity index is 2.26. The molecule has 0 radical (unpaired) electrons. The molecule has 0 aliphatic carbocycles. The van der Waals surface area contributed by atoms with Gasteiger partial charge in [-0.3, -0.25) is 0 Å². The van der Waals surface area contributed by atoms with E-state index in [0.717, 1.165) is 11.1 Å². The van der Waals surface area contributed by atoms with Crippen molar-refractivity contribution in [1.29, 1.82) is 0 Å². The van der Waals surface area contributed by atoms with Crippen LogP contribution in [0.5, 0.6) is 0 Å². The second kappa shape index (κ2) is 5.87. The van der Waals surface area contributed by atoms with Crippen molar-refractivity contribution in [3.8, 4) is 0 Å². The first kappa shape index (κ1) is 15.5. The van der Waals surface area contributed by atoms with Crippen LogP contribution in [0.15, 0.2) is 47.4 Å². The van der Waals surface area contributed by atoms with E-state index in [1.165, 1.54) is 22.0 Å². The van der Waals surface area contributed by atoms with Gasteiger partial charge in [0.15, 0.2) is 0 Å². The molecule has 0 fully saturated rings. The van der Waals surface area contributed by atoms with Gasteiger partial charge in [-0.15, -0.1) is 0 Å². The third kappa shape index (κ3) is 3.43. The number of hydrogen-bond acceptors (Lipinski definition) is 3. The molecule has 0 saturated carbocycles. The van der Waals surface area contributed by atoms with Crippen molar-refractivity contribution in [2.24, 2.45) is 0 Å². The molecule has 0 atom stereocenters. The molecule has 0 unspecified atom stereocenters. The standard InChI is InChI=1S/C16H20N2O2S/c1-12-4-5-14(13(2)10-12)11-18(3)21(19,20)16-8-6-15(17)7-9-16/h4-10H,11,17H2,1-3H3. The van der Waals surface area contributed by atoms with Crippen LogP contribution in [-0.2, 0) is 16.6 Å². The van der Waals surface area contributed by atoms with Gasteiger partial charge >= 0.3 is 0 Å². The van der Waals surface area contributed by atoms with Crippen molar-refractivity contribution in [3.63, 3.8) is 0 Å². The molecule has 2 aromatic rings. The number of nitrogens with two attached hydrogens (primary N) is 1. The quantitative estimate of drug-likeness (QED) is 0.883. The van der Waals surface area contributed by atoms with E-state index >= 15 is 0 Å². The highest BCUT2D eigenvalue weighted by Gasteiger charge is 2.21. The predicted molar refractivity (Wildman–Crippen MR) is 85.4 cm³/mol. The molecule has 2 rings (SSSR count). The molecular weight excluding hydrogens is 284 g/mol. The lowest BCUT2D eigenvalue weighted by atomic mass is 10.1. The normalized spacial score (nSPS) is 11.8. The van der Waals surface area contributed by atoms with E-state index in [4.69, 9.17) is 5.73 Å². The van der Waals surface area contributed by atoms with Gasteiger partial charge in [0.05, 0.1) is 4.90 Å². The van der Waals surface area contributed by atoms with Gasteiger partial charge in [-0.1, -0.05) is 23.8 Å².